The molecule has 1 N–H and O–H groups in total. The van der Waals surface area contributed by atoms with Crippen LogP contribution in [0, 0.1) is 6.92 Å². The Morgan fingerprint density at radius 3 is 2.62 bits per heavy atom. The van der Waals surface area contributed by atoms with Crippen molar-refractivity contribution in [1.29, 1.82) is 0 Å². The number of nitrogens with zero attached hydrogens (tertiary/aromatic N) is 1. The lowest BCUT2D eigenvalue weighted by Gasteiger charge is -2.10. The number of carbonyl (C=O) groups excluding carboxylic acids is 1. The number of hydrogen-bond acceptors (Lipinski definition) is 3. The van der Waals surface area contributed by atoms with E-state index in [1.165, 1.54) is 6.92 Å². The van der Waals surface area contributed by atoms with Gasteiger partial charge in [-0.2, -0.15) is 13.2 Å². The molecule has 1 aromatic heterocycles. The number of aromatic nitrogens is 1. The monoisotopic (exact) mass is 304 g/mol. The molecule has 0 aromatic carbocycles. The van der Waals surface area contributed by atoms with Crippen molar-refractivity contribution in [2.75, 3.05) is 19.8 Å². The van der Waals surface area contributed by atoms with Gasteiger partial charge < -0.3 is 10.1 Å². The summed E-state index contributed by atoms with van der Waals surface area (Å²) in [6.45, 7) is 5.01. The number of nitrogens with one attached hydrogen (secondary N) is 1. The lowest BCUT2D eigenvalue weighted by Crippen LogP contribution is -2.26. The number of rotatable bonds is 7. The number of aryl methyl sites for hydroxylation is 1. The van der Waals surface area contributed by atoms with E-state index in [2.05, 4.69) is 10.3 Å². The van der Waals surface area contributed by atoms with Gasteiger partial charge in [0, 0.05) is 19.8 Å². The first-order valence-electron chi connectivity index (χ1n) is 6.77. The van der Waals surface area contributed by atoms with Gasteiger partial charge in [0.2, 0.25) is 0 Å². The summed E-state index contributed by atoms with van der Waals surface area (Å²) in [6.07, 6.45) is -2.92. The Hall–Kier alpha value is -1.63. The molecule has 0 aliphatic carbocycles. The van der Waals surface area contributed by atoms with Gasteiger partial charge in [-0.15, -0.1) is 0 Å². The molecule has 0 spiro atoms. The molecule has 1 amide bonds. The van der Waals surface area contributed by atoms with Gasteiger partial charge in [-0.3, -0.25) is 4.79 Å². The fraction of sp³-hybridized carbons (Fsp3) is 0.571. The van der Waals surface area contributed by atoms with E-state index in [0.29, 0.717) is 26.2 Å². The number of halogens is 3. The number of hydrogen-bond donors (Lipinski definition) is 1. The molecule has 0 aliphatic heterocycles. The van der Waals surface area contributed by atoms with E-state index < -0.39 is 17.8 Å². The van der Waals surface area contributed by atoms with Gasteiger partial charge >= 0.3 is 6.18 Å². The van der Waals surface area contributed by atoms with Crippen molar-refractivity contribution in [2.24, 2.45) is 0 Å². The highest BCUT2D eigenvalue weighted by molar-refractivity contribution is 5.95. The van der Waals surface area contributed by atoms with E-state index in [1.54, 1.807) is 0 Å². The Morgan fingerprint density at radius 2 is 2.05 bits per heavy atom. The van der Waals surface area contributed by atoms with Crippen molar-refractivity contribution in [2.45, 2.75) is 32.9 Å². The van der Waals surface area contributed by atoms with E-state index in [1.807, 2.05) is 6.92 Å². The smallest absolute Gasteiger partial charge is 0.381 e. The van der Waals surface area contributed by atoms with Gasteiger partial charge in [0.25, 0.3) is 5.91 Å². The molecule has 4 nitrogen and oxygen atoms in total. The highest BCUT2D eigenvalue weighted by atomic mass is 19.4. The van der Waals surface area contributed by atoms with Crippen LogP contribution in [0.15, 0.2) is 12.1 Å². The maximum Gasteiger partial charge on any atom is 0.433 e. The van der Waals surface area contributed by atoms with E-state index in [9.17, 15) is 18.0 Å². The Bertz CT molecular complexity index is 476. The zero-order chi connectivity index (χ0) is 15.9. The summed E-state index contributed by atoms with van der Waals surface area (Å²) in [5.74, 6) is -0.427. The molecule has 0 bridgehead atoms. The predicted molar refractivity (Wildman–Crippen MR) is 72.0 cm³/mol. The largest absolute Gasteiger partial charge is 0.433 e. The van der Waals surface area contributed by atoms with Crippen LogP contribution in [0.3, 0.4) is 0 Å². The molecular formula is C14H19F3N2O2. The third-order valence-electron chi connectivity index (χ3n) is 2.72. The molecule has 7 heteroatoms. The highest BCUT2D eigenvalue weighted by Crippen LogP contribution is 2.28. The first-order valence-corrected chi connectivity index (χ1v) is 6.77. The van der Waals surface area contributed by atoms with Gasteiger partial charge in [0.05, 0.1) is 11.3 Å². The Labute approximate surface area is 121 Å². The van der Waals surface area contributed by atoms with E-state index in [4.69, 9.17) is 4.74 Å². The van der Waals surface area contributed by atoms with E-state index in [-0.39, 0.29) is 11.3 Å². The second-order valence-corrected chi connectivity index (χ2v) is 4.55. The fourth-order valence-electron chi connectivity index (χ4n) is 1.68. The number of alkyl halides is 3. The second-order valence-electron chi connectivity index (χ2n) is 4.55. The summed E-state index contributed by atoms with van der Waals surface area (Å²) in [6, 6.07) is 1.96. The molecule has 0 aliphatic rings. The van der Waals surface area contributed by atoms with E-state index in [0.717, 1.165) is 18.6 Å². The minimum Gasteiger partial charge on any atom is -0.381 e. The van der Waals surface area contributed by atoms with Gasteiger partial charge in [0.15, 0.2) is 0 Å². The summed E-state index contributed by atoms with van der Waals surface area (Å²) in [4.78, 5) is 15.3. The number of pyridine rings is 1. The minimum absolute atomic E-state index is 0.0598. The maximum atomic E-state index is 12.5. The average molecular weight is 304 g/mol. The molecule has 1 rings (SSSR count). The quantitative estimate of drug-likeness (QED) is 0.788. The standard InChI is InChI=1S/C14H19F3N2O2/c1-3-8-21-9-4-7-18-13(20)11-5-6-12(14(15,16)17)19-10(11)2/h5-6H,3-4,7-9H2,1-2H3,(H,18,20). The zero-order valence-corrected chi connectivity index (χ0v) is 12.1. The lowest BCUT2D eigenvalue weighted by molar-refractivity contribution is -0.141. The van der Waals surface area contributed by atoms with Crippen LogP contribution in [0.1, 0.15) is 41.5 Å². The molecule has 118 valence electrons. The molecular weight excluding hydrogens is 285 g/mol. The van der Waals surface area contributed by atoms with E-state index >= 15 is 0 Å². The molecule has 0 unspecified atom stereocenters. The van der Waals surface area contributed by atoms with Crippen LogP contribution >= 0.6 is 0 Å². The van der Waals surface area contributed by atoms with Crippen molar-refractivity contribution in [3.63, 3.8) is 0 Å². The summed E-state index contributed by atoms with van der Waals surface area (Å²) in [5.41, 5.74) is -0.786. The van der Waals surface area contributed by atoms with Crippen molar-refractivity contribution < 1.29 is 22.7 Å². The summed E-state index contributed by atoms with van der Waals surface area (Å²) >= 11 is 0. The Morgan fingerprint density at radius 1 is 1.33 bits per heavy atom. The maximum absolute atomic E-state index is 12.5. The summed E-state index contributed by atoms with van der Waals surface area (Å²) < 4.78 is 42.7. The SMILES string of the molecule is CCCOCCCNC(=O)c1ccc(C(F)(F)F)nc1C. The van der Waals surface area contributed by atoms with Crippen LogP contribution in [-0.4, -0.2) is 30.6 Å². The molecule has 0 fully saturated rings. The van der Waals surface area contributed by atoms with Crippen LogP contribution in [0.2, 0.25) is 0 Å². The molecule has 21 heavy (non-hydrogen) atoms. The molecule has 0 radical (unpaired) electrons. The fourth-order valence-corrected chi connectivity index (χ4v) is 1.68. The molecule has 0 saturated heterocycles. The van der Waals surface area contributed by atoms with Crippen LogP contribution in [0.25, 0.3) is 0 Å². The Kier molecular flexibility index (Phi) is 6.61. The molecule has 1 aromatic rings. The van der Waals surface area contributed by atoms with Crippen LogP contribution in [-0.2, 0) is 10.9 Å². The molecule has 1 heterocycles. The van der Waals surface area contributed by atoms with Crippen molar-refractivity contribution >= 4 is 5.91 Å². The molecule has 0 atom stereocenters. The summed E-state index contributed by atoms with van der Waals surface area (Å²) in [7, 11) is 0. The highest BCUT2D eigenvalue weighted by Gasteiger charge is 2.32. The second kappa shape index (κ2) is 7.97. The van der Waals surface area contributed by atoms with Crippen molar-refractivity contribution in [1.82, 2.24) is 10.3 Å². The van der Waals surface area contributed by atoms with Crippen molar-refractivity contribution in [3.05, 3.63) is 29.1 Å². The van der Waals surface area contributed by atoms with Gasteiger partial charge in [-0.25, -0.2) is 4.98 Å². The lowest BCUT2D eigenvalue weighted by atomic mass is 10.1. The Balaban J connectivity index is 2.51. The normalized spacial score (nSPS) is 11.5. The minimum atomic E-state index is -4.50. The first kappa shape index (κ1) is 17.4. The predicted octanol–water partition coefficient (Wildman–Crippen LogP) is 2.96. The van der Waals surface area contributed by atoms with Crippen LogP contribution in [0.5, 0.6) is 0 Å². The van der Waals surface area contributed by atoms with Gasteiger partial charge in [-0.1, -0.05) is 6.92 Å². The topological polar surface area (TPSA) is 51.2 Å². The number of amides is 1. The van der Waals surface area contributed by atoms with Gasteiger partial charge in [0.1, 0.15) is 5.69 Å². The number of ether oxygens (including phenoxy) is 1. The average Bonchev–Trinajstić information content (AvgIpc) is 2.41. The first-order chi connectivity index (χ1) is 9.86. The summed E-state index contributed by atoms with van der Waals surface area (Å²) in [5, 5.41) is 2.63. The van der Waals surface area contributed by atoms with Crippen LogP contribution in [0.4, 0.5) is 13.2 Å². The number of carbonyl (C=O) groups is 1. The zero-order valence-electron chi connectivity index (χ0n) is 12.1. The molecule has 0 saturated carbocycles. The third-order valence-corrected chi connectivity index (χ3v) is 2.72. The van der Waals surface area contributed by atoms with Gasteiger partial charge in [-0.05, 0) is 31.9 Å². The van der Waals surface area contributed by atoms with Crippen LogP contribution < -0.4 is 5.32 Å². The third kappa shape index (κ3) is 5.71. The van der Waals surface area contributed by atoms with Crippen molar-refractivity contribution in [3.8, 4) is 0 Å².